The lowest BCUT2D eigenvalue weighted by atomic mass is 10.0. The number of rotatable bonds is 19. The number of hydrogen-bond acceptors (Lipinski definition) is 4. The van der Waals surface area contributed by atoms with Crippen LogP contribution in [0.2, 0.25) is 0 Å². The van der Waals surface area contributed by atoms with Crippen LogP contribution in [0.5, 0.6) is 5.75 Å². The van der Waals surface area contributed by atoms with E-state index >= 15 is 0 Å². The van der Waals surface area contributed by atoms with Crippen LogP contribution < -0.4 is 4.74 Å². The van der Waals surface area contributed by atoms with Crippen molar-refractivity contribution in [3.8, 4) is 5.75 Å². The monoisotopic (exact) mass is 430 g/mol. The van der Waals surface area contributed by atoms with Gasteiger partial charge in [0.15, 0.2) is 0 Å². The molecule has 168 valence electrons. The molecule has 1 aromatic carbocycles. The molecule has 1 unspecified atom stereocenters. The van der Waals surface area contributed by atoms with E-state index in [1.165, 1.54) is 64.2 Å². The van der Waals surface area contributed by atoms with E-state index < -0.39 is 14.1 Å². The highest BCUT2D eigenvalue weighted by molar-refractivity contribution is 7.46. The van der Waals surface area contributed by atoms with Crippen LogP contribution in [-0.2, 0) is 14.1 Å². The summed E-state index contributed by atoms with van der Waals surface area (Å²) < 4.78 is 20.7. The quantitative estimate of drug-likeness (QED) is 0.0815. The van der Waals surface area contributed by atoms with Crippen molar-refractivity contribution >= 4 is 7.82 Å². The maximum absolute atomic E-state index is 10.9. The molecular formula is C22H39O6P. The van der Waals surface area contributed by atoms with Gasteiger partial charge in [-0.25, -0.2) is 4.57 Å². The molecular weight excluding hydrogens is 391 g/mol. The molecule has 1 rings (SSSR count). The Morgan fingerprint density at radius 2 is 1.28 bits per heavy atom. The lowest BCUT2D eigenvalue weighted by molar-refractivity contribution is -0.307. The molecule has 29 heavy (non-hydrogen) atoms. The van der Waals surface area contributed by atoms with Gasteiger partial charge in [-0.1, -0.05) is 102 Å². The standard InChI is InChI=1S/C22H39O6P/c1-2-3-4-5-6-7-8-9-10-11-12-13-17-20-22(27-28-29(23,24)25)26-21-18-15-14-16-19-21/h14-16,18-19,22H,2-13,17,20H2,1H3,(H2,23,24,25). The Morgan fingerprint density at radius 1 is 0.793 bits per heavy atom. The molecule has 0 aliphatic carbocycles. The maximum Gasteiger partial charge on any atom is 0.497 e. The third kappa shape index (κ3) is 16.6. The average molecular weight is 431 g/mol. The first-order chi connectivity index (χ1) is 14.0. The molecule has 0 spiro atoms. The number of benzene rings is 1. The Labute approximate surface area is 176 Å². The van der Waals surface area contributed by atoms with E-state index in [4.69, 9.17) is 19.4 Å². The second kappa shape index (κ2) is 16.8. The van der Waals surface area contributed by atoms with Gasteiger partial charge in [0.25, 0.3) is 0 Å². The molecule has 0 heterocycles. The van der Waals surface area contributed by atoms with Gasteiger partial charge in [-0.15, -0.1) is 4.67 Å². The zero-order chi connectivity index (χ0) is 21.2. The van der Waals surface area contributed by atoms with Crippen molar-refractivity contribution in [3.63, 3.8) is 0 Å². The molecule has 2 N–H and O–H groups in total. The van der Waals surface area contributed by atoms with Gasteiger partial charge in [-0.2, -0.15) is 4.89 Å². The Kier molecular flexibility index (Phi) is 15.2. The van der Waals surface area contributed by atoms with E-state index in [2.05, 4.69) is 11.6 Å². The number of para-hydroxylation sites is 1. The molecule has 0 saturated carbocycles. The van der Waals surface area contributed by atoms with Crippen LogP contribution >= 0.6 is 7.82 Å². The molecule has 0 fully saturated rings. The first-order valence-corrected chi connectivity index (χ1v) is 12.7. The van der Waals surface area contributed by atoms with Gasteiger partial charge in [0.1, 0.15) is 5.75 Å². The van der Waals surface area contributed by atoms with Crippen LogP contribution in [0.25, 0.3) is 0 Å². The number of ether oxygens (including phenoxy) is 1. The molecule has 0 amide bonds. The van der Waals surface area contributed by atoms with Crippen LogP contribution in [0.15, 0.2) is 30.3 Å². The third-order valence-corrected chi connectivity index (χ3v) is 5.08. The van der Waals surface area contributed by atoms with E-state index in [1.807, 2.05) is 18.2 Å². The lowest BCUT2D eigenvalue weighted by Gasteiger charge is -2.18. The minimum atomic E-state index is -4.70. The van der Waals surface area contributed by atoms with Gasteiger partial charge < -0.3 is 14.5 Å². The minimum absolute atomic E-state index is 0.507. The zero-order valence-corrected chi connectivity index (χ0v) is 18.7. The molecule has 0 saturated heterocycles. The highest BCUT2D eigenvalue weighted by Gasteiger charge is 2.21. The van der Waals surface area contributed by atoms with Gasteiger partial charge in [0.05, 0.1) is 0 Å². The topological polar surface area (TPSA) is 85.2 Å². The number of phosphoric acid groups is 1. The van der Waals surface area contributed by atoms with Crippen LogP contribution in [-0.4, -0.2) is 16.1 Å². The molecule has 0 radical (unpaired) electrons. The predicted molar refractivity (Wildman–Crippen MR) is 115 cm³/mol. The van der Waals surface area contributed by atoms with Crippen LogP contribution in [0.4, 0.5) is 0 Å². The number of hydrogen-bond donors (Lipinski definition) is 2. The Bertz CT molecular complexity index is 533. The van der Waals surface area contributed by atoms with Crippen molar-refractivity contribution in [2.75, 3.05) is 0 Å². The van der Waals surface area contributed by atoms with Gasteiger partial charge >= 0.3 is 7.82 Å². The maximum atomic E-state index is 10.9. The van der Waals surface area contributed by atoms with Crippen LogP contribution in [0, 0.1) is 0 Å². The third-order valence-electron chi connectivity index (χ3n) is 4.80. The first-order valence-electron chi connectivity index (χ1n) is 11.1. The summed E-state index contributed by atoms with van der Waals surface area (Å²) >= 11 is 0. The van der Waals surface area contributed by atoms with Crippen molar-refractivity contribution in [2.45, 2.75) is 103 Å². The Morgan fingerprint density at radius 3 is 1.76 bits per heavy atom. The predicted octanol–water partition coefficient (Wildman–Crippen LogP) is 6.91. The van der Waals surface area contributed by atoms with Crippen molar-refractivity contribution in [1.29, 1.82) is 0 Å². The van der Waals surface area contributed by atoms with Gasteiger partial charge in [0, 0.05) is 6.42 Å². The second-order valence-corrected chi connectivity index (χ2v) is 8.68. The fourth-order valence-corrected chi connectivity index (χ4v) is 3.42. The highest BCUT2D eigenvalue weighted by Crippen LogP contribution is 2.37. The molecule has 0 aliphatic rings. The second-order valence-electron chi connectivity index (χ2n) is 7.55. The smallest absolute Gasteiger partial charge is 0.462 e. The summed E-state index contributed by atoms with van der Waals surface area (Å²) in [4.78, 5) is 22.5. The molecule has 1 aromatic rings. The number of unbranched alkanes of at least 4 members (excludes halogenated alkanes) is 12. The summed E-state index contributed by atoms with van der Waals surface area (Å²) in [6.07, 6.45) is 16.0. The molecule has 0 aliphatic heterocycles. The molecule has 6 nitrogen and oxygen atoms in total. The molecule has 1 atom stereocenters. The van der Waals surface area contributed by atoms with E-state index in [-0.39, 0.29) is 0 Å². The zero-order valence-electron chi connectivity index (χ0n) is 17.8. The van der Waals surface area contributed by atoms with Crippen molar-refractivity contribution in [2.24, 2.45) is 0 Å². The summed E-state index contributed by atoms with van der Waals surface area (Å²) in [5, 5.41) is 0. The first kappa shape index (κ1) is 26.1. The average Bonchev–Trinajstić information content (AvgIpc) is 2.69. The summed E-state index contributed by atoms with van der Waals surface area (Å²) in [7, 11) is -4.70. The fourth-order valence-electron chi connectivity index (χ4n) is 3.21. The highest BCUT2D eigenvalue weighted by atomic mass is 31.2. The normalized spacial score (nSPS) is 12.8. The summed E-state index contributed by atoms with van der Waals surface area (Å²) in [5.41, 5.74) is 0. The van der Waals surface area contributed by atoms with Crippen LogP contribution in [0.3, 0.4) is 0 Å². The van der Waals surface area contributed by atoms with E-state index in [0.29, 0.717) is 12.2 Å². The van der Waals surface area contributed by atoms with Crippen molar-refractivity contribution < 1.29 is 28.7 Å². The van der Waals surface area contributed by atoms with Gasteiger partial charge in [-0.05, 0) is 18.6 Å². The fraction of sp³-hybridized carbons (Fsp3) is 0.727. The van der Waals surface area contributed by atoms with Crippen LogP contribution in [0.1, 0.15) is 96.8 Å². The van der Waals surface area contributed by atoms with E-state index in [1.54, 1.807) is 12.1 Å². The summed E-state index contributed by atoms with van der Waals surface area (Å²) in [5.74, 6) is 0.571. The SMILES string of the molecule is CCCCCCCCCCCCCCCC(OOP(=O)(O)O)Oc1ccccc1. The molecule has 0 aromatic heterocycles. The van der Waals surface area contributed by atoms with Crippen molar-refractivity contribution in [1.82, 2.24) is 0 Å². The lowest BCUT2D eigenvalue weighted by Crippen LogP contribution is -2.20. The van der Waals surface area contributed by atoms with Gasteiger partial charge in [-0.3, -0.25) is 0 Å². The van der Waals surface area contributed by atoms with Crippen molar-refractivity contribution in [3.05, 3.63) is 30.3 Å². The van der Waals surface area contributed by atoms with E-state index in [0.717, 1.165) is 19.3 Å². The van der Waals surface area contributed by atoms with Gasteiger partial charge in [0.2, 0.25) is 6.29 Å². The Balaban J connectivity index is 2.09. The minimum Gasteiger partial charge on any atom is -0.462 e. The summed E-state index contributed by atoms with van der Waals surface area (Å²) in [6.45, 7) is 2.25. The molecule has 0 bridgehead atoms. The molecule has 7 heteroatoms. The van der Waals surface area contributed by atoms with E-state index in [9.17, 15) is 4.57 Å². The Hall–Kier alpha value is -0.910. The summed E-state index contributed by atoms with van der Waals surface area (Å²) in [6, 6.07) is 9.03. The largest absolute Gasteiger partial charge is 0.497 e.